The van der Waals surface area contributed by atoms with E-state index in [0.717, 1.165) is 6.07 Å². The molecule has 2 nitrogen and oxygen atoms in total. The monoisotopic (exact) mass is 267 g/mol. The van der Waals surface area contributed by atoms with Gasteiger partial charge in [0.2, 0.25) is 0 Å². The summed E-state index contributed by atoms with van der Waals surface area (Å²) in [5, 5.41) is 9.26. The number of nitrogen functional groups attached to an aromatic ring is 1. The first-order chi connectivity index (χ1) is 8.93. The normalized spacial score (nSPS) is 11.6. The van der Waals surface area contributed by atoms with Crippen molar-refractivity contribution in [3.05, 3.63) is 53.6 Å². The first-order valence-electron chi connectivity index (χ1n) is 5.59. The van der Waals surface area contributed by atoms with Crippen molar-refractivity contribution in [3.63, 3.8) is 0 Å². The van der Waals surface area contributed by atoms with Gasteiger partial charge in [0.1, 0.15) is 0 Å². The SMILES string of the molecule is Nc1ccc(-c2ccccc2C(F)(F)F)c(CO)c1. The molecule has 0 amide bonds. The van der Waals surface area contributed by atoms with Crippen molar-refractivity contribution in [2.75, 3.05) is 5.73 Å². The van der Waals surface area contributed by atoms with Crippen LogP contribution >= 0.6 is 0 Å². The third-order valence-corrected chi connectivity index (χ3v) is 2.82. The van der Waals surface area contributed by atoms with E-state index in [9.17, 15) is 18.3 Å². The predicted octanol–water partition coefficient (Wildman–Crippen LogP) is 3.45. The van der Waals surface area contributed by atoms with Crippen LogP contribution in [0.4, 0.5) is 18.9 Å². The van der Waals surface area contributed by atoms with Crippen LogP contribution in [-0.2, 0) is 12.8 Å². The lowest BCUT2D eigenvalue weighted by atomic mass is 9.95. The Morgan fingerprint density at radius 2 is 1.68 bits per heavy atom. The summed E-state index contributed by atoms with van der Waals surface area (Å²) in [4.78, 5) is 0. The van der Waals surface area contributed by atoms with Gasteiger partial charge in [0.15, 0.2) is 0 Å². The number of halogens is 3. The summed E-state index contributed by atoms with van der Waals surface area (Å²) < 4.78 is 38.9. The third-order valence-electron chi connectivity index (χ3n) is 2.82. The van der Waals surface area contributed by atoms with Crippen LogP contribution < -0.4 is 5.73 Å². The van der Waals surface area contributed by atoms with E-state index < -0.39 is 11.7 Å². The van der Waals surface area contributed by atoms with E-state index in [1.54, 1.807) is 0 Å². The van der Waals surface area contributed by atoms with E-state index in [1.807, 2.05) is 0 Å². The molecule has 0 aliphatic heterocycles. The topological polar surface area (TPSA) is 46.2 Å². The molecule has 3 N–H and O–H groups in total. The molecule has 0 bridgehead atoms. The lowest BCUT2D eigenvalue weighted by molar-refractivity contribution is -0.137. The Balaban J connectivity index is 2.66. The molecule has 0 aliphatic carbocycles. The van der Waals surface area contributed by atoms with Gasteiger partial charge in [-0.2, -0.15) is 13.2 Å². The second-order valence-electron chi connectivity index (χ2n) is 4.12. The largest absolute Gasteiger partial charge is 0.417 e. The van der Waals surface area contributed by atoms with Gasteiger partial charge >= 0.3 is 6.18 Å². The van der Waals surface area contributed by atoms with Crippen LogP contribution in [0.3, 0.4) is 0 Å². The highest BCUT2D eigenvalue weighted by Gasteiger charge is 2.33. The number of hydrogen-bond acceptors (Lipinski definition) is 2. The molecule has 0 aliphatic rings. The molecular formula is C14H12F3NO. The van der Waals surface area contributed by atoms with Crippen molar-refractivity contribution in [2.45, 2.75) is 12.8 Å². The average Bonchev–Trinajstić information content (AvgIpc) is 2.37. The molecule has 100 valence electrons. The van der Waals surface area contributed by atoms with Gasteiger partial charge in [-0.15, -0.1) is 0 Å². The van der Waals surface area contributed by atoms with E-state index in [4.69, 9.17) is 5.73 Å². The molecule has 2 rings (SSSR count). The summed E-state index contributed by atoms with van der Waals surface area (Å²) in [5.74, 6) is 0. The molecule has 0 aromatic heterocycles. The van der Waals surface area contributed by atoms with Gasteiger partial charge in [-0.25, -0.2) is 0 Å². The molecule has 0 heterocycles. The minimum atomic E-state index is -4.44. The molecule has 2 aromatic rings. The number of aliphatic hydroxyl groups is 1. The average molecular weight is 267 g/mol. The van der Waals surface area contributed by atoms with E-state index in [0.29, 0.717) is 16.8 Å². The van der Waals surface area contributed by atoms with Crippen molar-refractivity contribution in [2.24, 2.45) is 0 Å². The Kier molecular flexibility index (Phi) is 3.48. The summed E-state index contributed by atoms with van der Waals surface area (Å²) in [6.07, 6.45) is -4.44. The highest BCUT2D eigenvalue weighted by molar-refractivity contribution is 5.73. The van der Waals surface area contributed by atoms with Gasteiger partial charge in [0, 0.05) is 5.69 Å². The summed E-state index contributed by atoms with van der Waals surface area (Å²) in [7, 11) is 0. The summed E-state index contributed by atoms with van der Waals surface area (Å²) >= 11 is 0. The first-order valence-corrected chi connectivity index (χ1v) is 5.59. The molecular weight excluding hydrogens is 255 g/mol. The minimum Gasteiger partial charge on any atom is -0.399 e. The highest BCUT2D eigenvalue weighted by atomic mass is 19.4. The second kappa shape index (κ2) is 4.93. The Morgan fingerprint density at radius 3 is 2.32 bits per heavy atom. The maximum Gasteiger partial charge on any atom is 0.417 e. The molecule has 5 heteroatoms. The van der Waals surface area contributed by atoms with Gasteiger partial charge in [-0.1, -0.05) is 24.3 Å². The molecule has 19 heavy (non-hydrogen) atoms. The van der Waals surface area contributed by atoms with Crippen LogP contribution in [0.15, 0.2) is 42.5 Å². The number of hydrogen-bond donors (Lipinski definition) is 2. The summed E-state index contributed by atoms with van der Waals surface area (Å²) in [5.41, 5.74) is 5.99. The maximum atomic E-state index is 13.0. The zero-order valence-corrected chi connectivity index (χ0v) is 9.91. The fourth-order valence-electron chi connectivity index (χ4n) is 1.97. The van der Waals surface area contributed by atoms with Gasteiger partial charge in [-0.05, 0) is 34.9 Å². The quantitative estimate of drug-likeness (QED) is 0.819. The number of aliphatic hydroxyl groups excluding tert-OH is 1. The third kappa shape index (κ3) is 2.71. The lowest BCUT2D eigenvalue weighted by Crippen LogP contribution is -2.07. The number of alkyl halides is 3. The number of benzene rings is 2. The predicted molar refractivity (Wildman–Crippen MR) is 67.2 cm³/mol. The van der Waals surface area contributed by atoms with Crippen molar-refractivity contribution >= 4 is 5.69 Å². The van der Waals surface area contributed by atoms with Gasteiger partial charge in [0.25, 0.3) is 0 Å². The Labute approximate surface area is 108 Å². The Morgan fingerprint density at radius 1 is 1.00 bits per heavy atom. The molecule has 0 fully saturated rings. The maximum absolute atomic E-state index is 13.0. The first kappa shape index (κ1) is 13.4. The standard InChI is InChI=1S/C14H12F3NO/c15-14(16,17)13-4-2-1-3-12(13)11-6-5-10(18)7-9(11)8-19/h1-7,19H,8,18H2. The van der Waals surface area contributed by atoms with Gasteiger partial charge in [-0.3, -0.25) is 0 Å². The highest BCUT2D eigenvalue weighted by Crippen LogP contribution is 2.38. The molecule has 0 saturated heterocycles. The number of anilines is 1. The van der Waals surface area contributed by atoms with Crippen molar-refractivity contribution < 1.29 is 18.3 Å². The lowest BCUT2D eigenvalue weighted by Gasteiger charge is -2.15. The molecule has 0 spiro atoms. The van der Waals surface area contributed by atoms with Crippen LogP contribution in [-0.4, -0.2) is 5.11 Å². The Hall–Kier alpha value is -2.01. The van der Waals surface area contributed by atoms with Crippen molar-refractivity contribution in [1.82, 2.24) is 0 Å². The van der Waals surface area contributed by atoms with Crippen LogP contribution in [0.1, 0.15) is 11.1 Å². The van der Waals surface area contributed by atoms with Crippen LogP contribution in [0.2, 0.25) is 0 Å². The van der Waals surface area contributed by atoms with E-state index in [2.05, 4.69) is 0 Å². The minimum absolute atomic E-state index is 0.0408. The molecule has 0 saturated carbocycles. The van der Waals surface area contributed by atoms with Crippen LogP contribution in [0.25, 0.3) is 11.1 Å². The van der Waals surface area contributed by atoms with E-state index in [-0.39, 0.29) is 12.2 Å². The zero-order valence-electron chi connectivity index (χ0n) is 9.91. The molecule has 0 unspecified atom stereocenters. The zero-order chi connectivity index (χ0) is 14.0. The number of rotatable bonds is 2. The summed E-state index contributed by atoms with van der Waals surface area (Å²) in [6.45, 7) is -0.368. The van der Waals surface area contributed by atoms with Gasteiger partial charge < -0.3 is 10.8 Å². The van der Waals surface area contributed by atoms with Crippen molar-refractivity contribution in [3.8, 4) is 11.1 Å². The Bertz CT molecular complexity index is 593. The van der Waals surface area contributed by atoms with E-state index in [1.165, 1.54) is 36.4 Å². The van der Waals surface area contributed by atoms with Gasteiger partial charge in [0.05, 0.1) is 12.2 Å². The fraction of sp³-hybridized carbons (Fsp3) is 0.143. The second-order valence-corrected chi connectivity index (χ2v) is 4.12. The van der Waals surface area contributed by atoms with E-state index >= 15 is 0 Å². The number of nitrogens with two attached hydrogens (primary N) is 1. The molecule has 0 radical (unpaired) electrons. The molecule has 0 atom stereocenters. The van der Waals surface area contributed by atoms with Crippen LogP contribution in [0, 0.1) is 0 Å². The summed E-state index contributed by atoms with van der Waals surface area (Å²) in [6, 6.07) is 9.75. The fourth-order valence-corrected chi connectivity index (χ4v) is 1.97. The van der Waals surface area contributed by atoms with Crippen LogP contribution in [0.5, 0.6) is 0 Å². The van der Waals surface area contributed by atoms with Crippen molar-refractivity contribution in [1.29, 1.82) is 0 Å². The smallest absolute Gasteiger partial charge is 0.399 e. The molecule has 2 aromatic carbocycles.